The van der Waals surface area contributed by atoms with Crippen molar-refractivity contribution < 1.29 is 14.3 Å². The van der Waals surface area contributed by atoms with Crippen LogP contribution in [-0.2, 0) is 6.42 Å². The number of ketones is 1. The lowest BCUT2D eigenvalue weighted by Crippen LogP contribution is -2.46. The van der Waals surface area contributed by atoms with Crippen molar-refractivity contribution in [2.75, 3.05) is 51.8 Å². The highest BCUT2D eigenvalue weighted by Gasteiger charge is 2.29. The molecule has 4 rings (SSSR count). The van der Waals surface area contributed by atoms with Crippen molar-refractivity contribution >= 4 is 11.7 Å². The molecule has 2 aromatic rings. The van der Waals surface area contributed by atoms with Gasteiger partial charge in [-0.25, -0.2) is 9.97 Å². The predicted octanol–water partition coefficient (Wildman–Crippen LogP) is 2.55. The van der Waals surface area contributed by atoms with Gasteiger partial charge in [-0.15, -0.1) is 0 Å². The van der Waals surface area contributed by atoms with E-state index in [2.05, 4.69) is 21.7 Å². The Morgan fingerprint density at radius 1 is 1.07 bits per heavy atom. The first kappa shape index (κ1) is 19.6. The van der Waals surface area contributed by atoms with E-state index in [-0.39, 0.29) is 11.7 Å². The Hall–Kier alpha value is -2.67. The second kappa shape index (κ2) is 8.37. The molecule has 0 N–H and O–H groups in total. The Bertz CT molecular complexity index is 894. The number of fused-ring (bicyclic) bond motifs is 1. The number of nitrogens with zero attached hydrogens (tertiary/aromatic N) is 4. The summed E-state index contributed by atoms with van der Waals surface area (Å²) in [5.74, 6) is 2.29. The van der Waals surface area contributed by atoms with E-state index in [1.54, 1.807) is 20.4 Å². The summed E-state index contributed by atoms with van der Waals surface area (Å²) in [7, 11) is 3.25. The maximum atomic E-state index is 12.8. The van der Waals surface area contributed by atoms with Gasteiger partial charge in [0.05, 0.1) is 25.5 Å². The van der Waals surface area contributed by atoms with Crippen LogP contribution in [0.4, 0.5) is 5.95 Å². The zero-order valence-electron chi connectivity index (χ0n) is 17.4. The van der Waals surface area contributed by atoms with E-state index in [4.69, 9.17) is 14.5 Å². The minimum absolute atomic E-state index is 0.0782. The van der Waals surface area contributed by atoms with E-state index in [0.29, 0.717) is 23.5 Å². The molecular formula is C22H28N4O3. The number of carbonyl (C=O) groups is 1. The lowest BCUT2D eigenvalue weighted by atomic mass is 9.82. The van der Waals surface area contributed by atoms with Crippen molar-refractivity contribution in [3.63, 3.8) is 0 Å². The Labute approximate surface area is 171 Å². The molecule has 2 aliphatic rings. The van der Waals surface area contributed by atoms with Crippen molar-refractivity contribution in [1.29, 1.82) is 0 Å². The zero-order chi connectivity index (χ0) is 20.4. The highest BCUT2D eigenvalue weighted by Crippen LogP contribution is 2.36. The number of hydrogen-bond donors (Lipinski definition) is 0. The molecule has 29 heavy (non-hydrogen) atoms. The summed E-state index contributed by atoms with van der Waals surface area (Å²) in [6, 6.07) is 5.87. The van der Waals surface area contributed by atoms with Crippen LogP contribution in [0.15, 0.2) is 24.4 Å². The zero-order valence-corrected chi connectivity index (χ0v) is 17.4. The molecule has 0 amide bonds. The third-order valence-electron chi connectivity index (χ3n) is 6.01. The third kappa shape index (κ3) is 3.92. The number of carbonyl (C=O) groups excluding carboxylic acids is 1. The minimum Gasteiger partial charge on any atom is -0.493 e. The van der Waals surface area contributed by atoms with Crippen LogP contribution in [0.25, 0.3) is 0 Å². The predicted molar refractivity (Wildman–Crippen MR) is 111 cm³/mol. The summed E-state index contributed by atoms with van der Waals surface area (Å²) < 4.78 is 10.8. The number of aromatic nitrogens is 2. The molecule has 1 aromatic carbocycles. The Balaban J connectivity index is 1.57. The summed E-state index contributed by atoms with van der Waals surface area (Å²) in [6.07, 6.45) is 2.90. The van der Waals surface area contributed by atoms with E-state index in [1.807, 2.05) is 18.2 Å². The lowest BCUT2D eigenvalue weighted by Gasteiger charge is -2.34. The molecule has 1 saturated heterocycles. The van der Waals surface area contributed by atoms with Crippen LogP contribution in [-0.4, -0.2) is 67.6 Å². The van der Waals surface area contributed by atoms with E-state index in [0.717, 1.165) is 56.4 Å². The van der Waals surface area contributed by atoms with Gasteiger partial charge in [-0.2, -0.15) is 0 Å². The highest BCUT2D eigenvalue weighted by atomic mass is 16.5. The maximum Gasteiger partial charge on any atom is 0.225 e. The summed E-state index contributed by atoms with van der Waals surface area (Å²) in [6.45, 7) is 7.12. The first-order chi connectivity index (χ1) is 14.1. The van der Waals surface area contributed by atoms with Gasteiger partial charge in [0.1, 0.15) is 0 Å². The fraction of sp³-hybridized carbons (Fsp3) is 0.500. The SMILES string of the molecule is CCN1CCN(c2ncc3c(n2)C[C@@H](c2ccc(OC)c(OC)c2)CC3=O)CC1. The summed E-state index contributed by atoms with van der Waals surface area (Å²) >= 11 is 0. The van der Waals surface area contributed by atoms with Crippen molar-refractivity contribution in [1.82, 2.24) is 14.9 Å². The molecule has 154 valence electrons. The number of methoxy groups -OCH3 is 2. The number of benzene rings is 1. The van der Waals surface area contributed by atoms with Crippen LogP contribution in [0.2, 0.25) is 0 Å². The van der Waals surface area contributed by atoms with E-state index in [9.17, 15) is 4.79 Å². The number of anilines is 1. The van der Waals surface area contributed by atoms with E-state index < -0.39 is 0 Å². The van der Waals surface area contributed by atoms with Crippen molar-refractivity contribution in [3.8, 4) is 11.5 Å². The molecule has 7 nitrogen and oxygen atoms in total. The van der Waals surface area contributed by atoms with Gasteiger partial charge in [-0.05, 0) is 36.6 Å². The number of ether oxygens (including phenoxy) is 2. The van der Waals surface area contributed by atoms with Gasteiger partial charge in [0.2, 0.25) is 5.95 Å². The topological polar surface area (TPSA) is 67.8 Å². The summed E-state index contributed by atoms with van der Waals surface area (Å²) in [5, 5.41) is 0. The van der Waals surface area contributed by atoms with Crippen LogP contribution in [0.1, 0.15) is 40.9 Å². The van der Waals surface area contributed by atoms with E-state index >= 15 is 0 Å². The fourth-order valence-corrected chi connectivity index (χ4v) is 4.19. The number of Topliss-reactive ketones (excluding diaryl/α,β-unsaturated/α-hetero) is 1. The van der Waals surface area contributed by atoms with Crippen LogP contribution in [0, 0.1) is 0 Å². The highest BCUT2D eigenvalue weighted by molar-refractivity contribution is 5.98. The van der Waals surface area contributed by atoms with Gasteiger partial charge in [0.15, 0.2) is 17.3 Å². The number of piperazine rings is 1. The van der Waals surface area contributed by atoms with Gasteiger partial charge in [-0.3, -0.25) is 4.79 Å². The largest absolute Gasteiger partial charge is 0.493 e. The molecule has 1 fully saturated rings. The molecule has 0 saturated carbocycles. The standard InChI is InChI=1S/C22H28N4O3/c1-4-25-7-9-26(10-8-25)22-23-14-17-18(24-22)11-16(12-19(17)27)15-5-6-20(28-2)21(13-15)29-3/h5-6,13-14,16H,4,7-12H2,1-3H3/t16-/m1/s1. The van der Waals surface area contributed by atoms with Gasteiger partial charge in [-0.1, -0.05) is 13.0 Å². The molecular weight excluding hydrogens is 368 g/mol. The van der Waals surface area contributed by atoms with Crippen LogP contribution >= 0.6 is 0 Å². The average Bonchev–Trinajstić information content (AvgIpc) is 2.78. The molecule has 0 bridgehead atoms. The second-order valence-electron chi connectivity index (χ2n) is 7.59. The maximum absolute atomic E-state index is 12.8. The van der Waals surface area contributed by atoms with Crippen molar-refractivity contribution in [2.45, 2.75) is 25.7 Å². The van der Waals surface area contributed by atoms with Gasteiger partial charge in [0, 0.05) is 38.8 Å². The molecule has 1 aliphatic carbocycles. The number of rotatable bonds is 5. The molecule has 1 aromatic heterocycles. The molecule has 1 atom stereocenters. The van der Waals surface area contributed by atoms with Crippen LogP contribution in [0.3, 0.4) is 0 Å². The summed E-state index contributed by atoms with van der Waals surface area (Å²) in [5.41, 5.74) is 2.58. The molecule has 7 heteroatoms. The molecule has 1 aliphatic heterocycles. The first-order valence-corrected chi connectivity index (χ1v) is 10.2. The number of likely N-dealkylation sites (N-methyl/N-ethyl adjacent to an activating group) is 1. The van der Waals surface area contributed by atoms with Gasteiger partial charge < -0.3 is 19.3 Å². The Kier molecular flexibility index (Phi) is 5.67. The lowest BCUT2D eigenvalue weighted by molar-refractivity contribution is 0.0962. The van der Waals surface area contributed by atoms with Crippen LogP contribution < -0.4 is 14.4 Å². The monoisotopic (exact) mass is 396 g/mol. The summed E-state index contributed by atoms with van der Waals surface area (Å²) in [4.78, 5) is 26.7. The van der Waals surface area contributed by atoms with Crippen molar-refractivity contribution in [2.24, 2.45) is 0 Å². The minimum atomic E-state index is 0.0782. The normalized spacial score (nSPS) is 19.8. The molecule has 0 radical (unpaired) electrons. The first-order valence-electron chi connectivity index (χ1n) is 10.2. The smallest absolute Gasteiger partial charge is 0.225 e. The average molecular weight is 396 g/mol. The Morgan fingerprint density at radius 3 is 2.52 bits per heavy atom. The molecule has 0 unspecified atom stereocenters. The van der Waals surface area contributed by atoms with Crippen molar-refractivity contribution in [3.05, 3.63) is 41.2 Å². The quantitative estimate of drug-likeness (QED) is 0.769. The van der Waals surface area contributed by atoms with Crippen LogP contribution in [0.5, 0.6) is 11.5 Å². The molecule has 0 spiro atoms. The van der Waals surface area contributed by atoms with Gasteiger partial charge >= 0.3 is 0 Å². The van der Waals surface area contributed by atoms with Gasteiger partial charge in [0.25, 0.3) is 0 Å². The second-order valence-corrected chi connectivity index (χ2v) is 7.59. The molecule has 2 heterocycles. The Morgan fingerprint density at radius 2 is 1.83 bits per heavy atom. The third-order valence-corrected chi connectivity index (χ3v) is 6.01. The number of hydrogen-bond acceptors (Lipinski definition) is 7. The fourth-order valence-electron chi connectivity index (χ4n) is 4.19. The van der Waals surface area contributed by atoms with E-state index in [1.165, 1.54) is 0 Å².